The van der Waals surface area contributed by atoms with Gasteiger partial charge in [0.2, 0.25) is 0 Å². The van der Waals surface area contributed by atoms with Crippen molar-refractivity contribution in [3.8, 4) is 0 Å². The summed E-state index contributed by atoms with van der Waals surface area (Å²) in [6.07, 6.45) is -3.62. The molecule has 6 nitrogen and oxygen atoms in total. The highest BCUT2D eigenvalue weighted by Gasteiger charge is 2.30. The van der Waals surface area contributed by atoms with Crippen LogP contribution >= 0.6 is 11.6 Å². The Labute approximate surface area is 107 Å². The summed E-state index contributed by atoms with van der Waals surface area (Å²) in [5.41, 5.74) is -0.525. The largest absolute Gasteiger partial charge is 0.478 e. The molecule has 0 saturated carbocycles. The number of aliphatic hydroxyl groups excluding tert-OH is 2. The van der Waals surface area contributed by atoms with E-state index < -0.39 is 24.1 Å². The number of esters is 1. The molecule has 0 aliphatic carbocycles. The fourth-order valence-corrected chi connectivity index (χ4v) is 1.70. The highest BCUT2D eigenvalue weighted by atomic mass is 35.5. The number of halogens is 1. The van der Waals surface area contributed by atoms with Crippen LogP contribution in [0.15, 0.2) is 18.2 Å². The molecule has 1 aromatic rings. The van der Waals surface area contributed by atoms with Crippen LogP contribution in [0.5, 0.6) is 0 Å². The zero-order chi connectivity index (χ0) is 13.9. The molecule has 0 aromatic heterocycles. The van der Waals surface area contributed by atoms with E-state index in [2.05, 4.69) is 4.74 Å². The van der Waals surface area contributed by atoms with Crippen molar-refractivity contribution in [1.82, 2.24) is 0 Å². The van der Waals surface area contributed by atoms with Crippen molar-refractivity contribution in [2.24, 2.45) is 0 Å². The molecule has 0 aliphatic heterocycles. The molecule has 2 unspecified atom stereocenters. The van der Waals surface area contributed by atoms with Gasteiger partial charge in [0, 0.05) is 0 Å². The van der Waals surface area contributed by atoms with E-state index in [0.29, 0.717) is 0 Å². The predicted octanol–water partition coefficient (Wildman–Crippen LogP) is 0.606. The average Bonchev–Trinajstić information content (AvgIpc) is 2.35. The third-order valence-corrected chi connectivity index (χ3v) is 2.64. The SMILES string of the molecule is COC(=O)C(O)C(O)c1cccc(Cl)c1C(=O)O. The molecule has 1 aromatic carbocycles. The van der Waals surface area contributed by atoms with Crippen molar-refractivity contribution in [1.29, 1.82) is 0 Å². The lowest BCUT2D eigenvalue weighted by atomic mass is 9.98. The van der Waals surface area contributed by atoms with Crippen LogP contribution < -0.4 is 0 Å². The molecule has 0 heterocycles. The molecule has 0 saturated heterocycles. The third kappa shape index (κ3) is 2.79. The Morgan fingerprint density at radius 1 is 1.33 bits per heavy atom. The topological polar surface area (TPSA) is 104 Å². The number of hydrogen-bond acceptors (Lipinski definition) is 5. The van der Waals surface area contributed by atoms with Crippen LogP contribution in [0.3, 0.4) is 0 Å². The van der Waals surface area contributed by atoms with Gasteiger partial charge in [-0.25, -0.2) is 9.59 Å². The molecule has 0 aliphatic rings. The van der Waals surface area contributed by atoms with E-state index in [4.69, 9.17) is 16.7 Å². The quantitative estimate of drug-likeness (QED) is 0.695. The summed E-state index contributed by atoms with van der Waals surface area (Å²) in [5, 5.41) is 28.1. The fraction of sp³-hybridized carbons (Fsp3) is 0.273. The van der Waals surface area contributed by atoms with Crippen molar-refractivity contribution < 1.29 is 29.6 Å². The van der Waals surface area contributed by atoms with E-state index in [-0.39, 0.29) is 16.1 Å². The van der Waals surface area contributed by atoms with Crippen molar-refractivity contribution in [2.45, 2.75) is 12.2 Å². The number of carboxylic acid groups (broad SMARTS) is 1. The molecule has 7 heteroatoms. The highest BCUT2D eigenvalue weighted by molar-refractivity contribution is 6.33. The van der Waals surface area contributed by atoms with Gasteiger partial charge in [-0.15, -0.1) is 0 Å². The lowest BCUT2D eigenvalue weighted by Crippen LogP contribution is -2.30. The van der Waals surface area contributed by atoms with Gasteiger partial charge >= 0.3 is 11.9 Å². The molecule has 18 heavy (non-hydrogen) atoms. The number of carbonyl (C=O) groups is 2. The van der Waals surface area contributed by atoms with Crippen LogP contribution in [0, 0.1) is 0 Å². The van der Waals surface area contributed by atoms with Gasteiger partial charge in [-0.1, -0.05) is 23.7 Å². The van der Waals surface area contributed by atoms with E-state index >= 15 is 0 Å². The first kappa shape index (κ1) is 14.4. The van der Waals surface area contributed by atoms with Crippen LogP contribution in [-0.2, 0) is 9.53 Å². The molecule has 0 radical (unpaired) electrons. The number of aromatic carboxylic acids is 1. The molecule has 0 fully saturated rings. The standard InChI is InChI=1S/C11H11ClO6/c1-18-11(17)9(14)8(13)5-3-2-4-6(12)7(5)10(15)16/h2-4,8-9,13-14H,1H3,(H,15,16). The molecule has 3 N–H and O–H groups in total. The second-order valence-electron chi connectivity index (χ2n) is 3.42. The van der Waals surface area contributed by atoms with Crippen LogP contribution in [0.4, 0.5) is 0 Å². The molecular formula is C11H11ClO6. The number of benzene rings is 1. The van der Waals surface area contributed by atoms with Gasteiger partial charge in [-0.3, -0.25) is 0 Å². The predicted molar refractivity (Wildman–Crippen MR) is 61.4 cm³/mol. The molecule has 1 rings (SSSR count). The summed E-state index contributed by atoms with van der Waals surface area (Å²) in [7, 11) is 1.04. The summed E-state index contributed by atoms with van der Waals surface area (Å²) < 4.78 is 4.26. The Hall–Kier alpha value is -1.63. The van der Waals surface area contributed by atoms with Crippen molar-refractivity contribution >= 4 is 23.5 Å². The normalized spacial score (nSPS) is 13.8. The van der Waals surface area contributed by atoms with Gasteiger partial charge in [-0.05, 0) is 11.6 Å². The van der Waals surface area contributed by atoms with E-state index in [9.17, 15) is 19.8 Å². The number of hydrogen-bond donors (Lipinski definition) is 3. The minimum atomic E-state index is -1.88. The first-order chi connectivity index (χ1) is 8.40. The van der Waals surface area contributed by atoms with Crippen LogP contribution in [0.1, 0.15) is 22.0 Å². The van der Waals surface area contributed by atoms with Gasteiger partial charge in [0.05, 0.1) is 17.7 Å². The molecule has 2 atom stereocenters. The second kappa shape index (κ2) is 5.81. The second-order valence-corrected chi connectivity index (χ2v) is 3.83. The van der Waals surface area contributed by atoms with Gasteiger partial charge in [-0.2, -0.15) is 0 Å². The number of carbonyl (C=O) groups excluding carboxylic acids is 1. The van der Waals surface area contributed by atoms with E-state index in [1.165, 1.54) is 18.2 Å². The van der Waals surface area contributed by atoms with Crippen LogP contribution in [0.2, 0.25) is 5.02 Å². The third-order valence-electron chi connectivity index (χ3n) is 2.32. The van der Waals surface area contributed by atoms with Gasteiger partial charge in [0.15, 0.2) is 6.10 Å². The van der Waals surface area contributed by atoms with E-state index in [1.54, 1.807) is 0 Å². The fourth-order valence-electron chi connectivity index (χ4n) is 1.43. The lowest BCUT2D eigenvalue weighted by Gasteiger charge is -2.18. The minimum Gasteiger partial charge on any atom is -0.478 e. The minimum absolute atomic E-state index is 0.101. The first-order valence-electron chi connectivity index (χ1n) is 4.85. The van der Waals surface area contributed by atoms with Gasteiger partial charge in [0.25, 0.3) is 0 Å². The Balaban J connectivity index is 3.21. The Kier molecular flexibility index (Phi) is 4.66. The Morgan fingerprint density at radius 3 is 2.44 bits per heavy atom. The summed E-state index contributed by atoms with van der Waals surface area (Å²) in [5.74, 6) is -2.44. The lowest BCUT2D eigenvalue weighted by molar-refractivity contribution is -0.156. The summed E-state index contributed by atoms with van der Waals surface area (Å²) in [6, 6.07) is 3.98. The zero-order valence-corrected chi connectivity index (χ0v) is 10.1. The average molecular weight is 275 g/mol. The smallest absolute Gasteiger partial charge is 0.337 e. The maximum Gasteiger partial charge on any atom is 0.337 e. The zero-order valence-electron chi connectivity index (χ0n) is 9.33. The summed E-state index contributed by atoms with van der Waals surface area (Å²) in [6.45, 7) is 0. The van der Waals surface area contributed by atoms with Gasteiger partial charge in [0.1, 0.15) is 6.10 Å². The highest BCUT2D eigenvalue weighted by Crippen LogP contribution is 2.27. The summed E-state index contributed by atoms with van der Waals surface area (Å²) >= 11 is 5.70. The Morgan fingerprint density at radius 2 is 1.94 bits per heavy atom. The van der Waals surface area contributed by atoms with Crippen LogP contribution in [-0.4, -0.2) is 40.5 Å². The number of carboxylic acids is 1. The van der Waals surface area contributed by atoms with Crippen molar-refractivity contribution in [3.63, 3.8) is 0 Å². The number of methoxy groups -OCH3 is 1. The molecular weight excluding hydrogens is 264 g/mol. The van der Waals surface area contributed by atoms with Gasteiger partial charge < -0.3 is 20.1 Å². The first-order valence-corrected chi connectivity index (χ1v) is 5.23. The maximum atomic E-state index is 11.1. The summed E-state index contributed by atoms with van der Waals surface area (Å²) in [4.78, 5) is 22.1. The number of rotatable bonds is 4. The molecule has 98 valence electrons. The van der Waals surface area contributed by atoms with E-state index in [1.807, 2.05) is 0 Å². The number of ether oxygens (including phenoxy) is 1. The molecule has 0 spiro atoms. The van der Waals surface area contributed by atoms with Crippen LogP contribution in [0.25, 0.3) is 0 Å². The molecule has 0 bridgehead atoms. The van der Waals surface area contributed by atoms with Crippen molar-refractivity contribution in [2.75, 3.05) is 7.11 Å². The maximum absolute atomic E-state index is 11.1. The monoisotopic (exact) mass is 274 g/mol. The number of aliphatic hydroxyl groups is 2. The Bertz CT molecular complexity index is 473. The van der Waals surface area contributed by atoms with E-state index in [0.717, 1.165) is 7.11 Å². The molecule has 0 amide bonds. The van der Waals surface area contributed by atoms with Crippen molar-refractivity contribution in [3.05, 3.63) is 34.3 Å².